The second-order valence-electron chi connectivity index (χ2n) is 8.91. The number of aromatic nitrogens is 2. The van der Waals surface area contributed by atoms with Gasteiger partial charge in [0.25, 0.3) is 0 Å². The number of para-hydroxylation sites is 3. The van der Waals surface area contributed by atoms with Gasteiger partial charge in [0.2, 0.25) is 5.91 Å². The highest BCUT2D eigenvalue weighted by Crippen LogP contribution is 2.27. The molecule has 1 amide bonds. The predicted molar refractivity (Wildman–Crippen MR) is 141 cm³/mol. The summed E-state index contributed by atoms with van der Waals surface area (Å²) in [6, 6.07) is 24.7. The largest absolute Gasteiger partial charge is 0.326 e. The zero-order valence-corrected chi connectivity index (χ0v) is 21.0. The molecule has 0 bridgehead atoms. The summed E-state index contributed by atoms with van der Waals surface area (Å²) in [7, 11) is 0. The van der Waals surface area contributed by atoms with Gasteiger partial charge in [-0.2, -0.15) is 0 Å². The quantitative estimate of drug-likeness (QED) is 0.331. The van der Waals surface area contributed by atoms with Gasteiger partial charge in [0, 0.05) is 22.4 Å². The molecule has 1 aliphatic heterocycles. The second kappa shape index (κ2) is 10.1. The van der Waals surface area contributed by atoms with Gasteiger partial charge in [-0.3, -0.25) is 14.3 Å². The van der Waals surface area contributed by atoms with Crippen LogP contribution in [-0.4, -0.2) is 33.4 Å². The number of fused-ring (bicyclic) bond motifs is 1. The molecular weight excluding hydrogens is 488 g/mol. The van der Waals surface area contributed by atoms with E-state index in [2.05, 4.69) is 74.0 Å². The number of imidazole rings is 1. The van der Waals surface area contributed by atoms with Gasteiger partial charge in [-0.05, 0) is 67.8 Å². The Balaban J connectivity index is 1.37. The van der Waals surface area contributed by atoms with Crippen molar-refractivity contribution in [3.05, 3.63) is 88.7 Å². The van der Waals surface area contributed by atoms with Gasteiger partial charge in [0.1, 0.15) is 5.82 Å². The minimum absolute atomic E-state index is 0.0256. The van der Waals surface area contributed by atoms with E-state index < -0.39 is 0 Å². The Bertz CT molecular complexity index is 1310. The van der Waals surface area contributed by atoms with Crippen molar-refractivity contribution in [3.8, 4) is 5.69 Å². The zero-order chi connectivity index (χ0) is 23.5. The topological polar surface area (TPSA) is 50.2 Å². The molecule has 1 atom stereocenters. The molecule has 0 radical (unpaired) electrons. The van der Waals surface area contributed by atoms with E-state index in [0.29, 0.717) is 6.54 Å². The Labute approximate surface area is 208 Å². The molecule has 1 fully saturated rings. The van der Waals surface area contributed by atoms with E-state index in [1.165, 1.54) is 5.56 Å². The number of likely N-dealkylation sites (tertiary alicyclic amines) is 1. The number of hydrogen-bond acceptors (Lipinski definition) is 3. The fourth-order valence-electron chi connectivity index (χ4n) is 4.88. The average Bonchev–Trinajstić information content (AvgIpc) is 3.22. The molecule has 5 rings (SSSR count). The molecule has 1 aliphatic rings. The second-order valence-corrected chi connectivity index (χ2v) is 9.82. The van der Waals surface area contributed by atoms with Crippen LogP contribution in [-0.2, 0) is 17.8 Å². The van der Waals surface area contributed by atoms with Crippen molar-refractivity contribution in [1.29, 1.82) is 0 Å². The van der Waals surface area contributed by atoms with Crippen molar-refractivity contribution in [3.63, 3.8) is 0 Å². The molecular formula is C28H29BrN4O. The normalized spacial score (nSPS) is 16.6. The number of hydrogen-bond donors (Lipinski definition) is 1. The van der Waals surface area contributed by atoms with Crippen molar-refractivity contribution in [2.24, 2.45) is 5.92 Å². The van der Waals surface area contributed by atoms with E-state index in [9.17, 15) is 4.79 Å². The van der Waals surface area contributed by atoms with E-state index in [0.717, 1.165) is 65.1 Å². The number of carbonyl (C=O) groups excluding carboxylic acids is 1. The van der Waals surface area contributed by atoms with Gasteiger partial charge in [-0.25, -0.2) is 4.98 Å². The highest BCUT2D eigenvalue weighted by atomic mass is 79.9. The third kappa shape index (κ3) is 4.79. The minimum atomic E-state index is -0.0256. The summed E-state index contributed by atoms with van der Waals surface area (Å²) in [4.78, 5) is 20.5. The molecule has 34 heavy (non-hydrogen) atoms. The smallest absolute Gasteiger partial charge is 0.228 e. The van der Waals surface area contributed by atoms with Crippen LogP contribution in [0.4, 0.5) is 5.69 Å². The number of anilines is 1. The average molecular weight is 517 g/mol. The fraction of sp³-hybridized carbons (Fsp3) is 0.286. The number of rotatable bonds is 6. The summed E-state index contributed by atoms with van der Waals surface area (Å²) >= 11 is 3.61. The maximum Gasteiger partial charge on any atom is 0.228 e. The van der Waals surface area contributed by atoms with Crippen LogP contribution in [0.3, 0.4) is 0 Å². The van der Waals surface area contributed by atoms with E-state index in [1.807, 2.05) is 36.4 Å². The van der Waals surface area contributed by atoms with E-state index in [4.69, 9.17) is 4.98 Å². The lowest BCUT2D eigenvalue weighted by molar-refractivity contribution is -0.121. The van der Waals surface area contributed by atoms with Crippen LogP contribution in [0.25, 0.3) is 16.7 Å². The first-order valence-electron chi connectivity index (χ1n) is 12.0. The van der Waals surface area contributed by atoms with Gasteiger partial charge in [-0.15, -0.1) is 0 Å². The van der Waals surface area contributed by atoms with Crippen LogP contribution in [0.2, 0.25) is 0 Å². The van der Waals surface area contributed by atoms with E-state index in [1.54, 1.807) is 0 Å². The van der Waals surface area contributed by atoms with Gasteiger partial charge in [0.15, 0.2) is 0 Å². The standard InChI is InChI=1S/C28H29BrN4O/c1-2-20-9-3-4-13-24(20)31-28(34)21-10-8-16-32(18-21)19-27-30-25-14-5-6-15-26(25)33(27)23-12-7-11-22(29)17-23/h3-7,9,11-15,17,21H,2,8,10,16,18-19H2,1H3,(H,31,34)/t21-/m0/s1. The predicted octanol–water partition coefficient (Wildman–Crippen LogP) is 6.20. The van der Waals surface area contributed by atoms with Crippen molar-refractivity contribution in [1.82, 2.24) is 14.5 Å². The van der Waals surface area contributed by atoms with Crippen LogP contribution in [0.5, 0.6) is 0 Å². The summed E-state index contributed by atoms with van der Waals surface area (Å²) < 4.78 is 3.28. The fourth-order valence-corrected chi connectivity index (χ4v) is 5.27. The maximum atomic E-state index is 13.1. The lowest BCUT2D eigenvalue weighted by atomic mass is 9.96. The van der Waals surface area contributed by atoms with Crippen molar-refractivity contribution in [2.75, 3.05) is 18.4 Å². The highest BCUT2D eigenvalue weighted by molar-refractivity contribution is 9.10. The van der Waals surface area contributed by atoms with Crippen LogP contribution in [0.15, 0.2) is 77.3 Å². The lowest BCUT2D eigenvalue weighted by Gasteiger charge is -2.32. The Morgan fingerprint density at radius 1 is 1.09 bits per heavy atom. The molecule has 6 heteroatoms. The number of piperidine rings is 1. The first-order chi connectivity index (χ1) is 16.6. The summed E-state index contributed by atoms with van der Waals surface area (Å²) in [5, 5.41) is 3.19. The highest BCUT2D eigenvalue weighted by Gasteiger charge is 2.27. The van der Waals surface area contributed by atoms with Crippen molar-refractivity contribution < 1.29 is 4.79 Å². The number of nitrogens with one attached hydrogen (secondary N) is 1. The summed E-state index contributed by atoms with van der Waals surface area (Å²) in [6.45, 7) is 4.53. The van der Waals surface area contributed by atoms with Gasteiger partial charge in [0.05, 0.1) is 23.5 Å². The molecule has 1 saturated heterocycles. The summed E-state index contributed by atoms with van der Waals surface area (Å²) in [5.41, 5.74) is 5.27. The third-order valence-corrected chi connectivity index (χ3v) is 7.09. The number of halogens is 1. The molecule has 174 valence electrons. The van der Waals surface area contributed by atoms with E-state index >= 15 is 0 Å². The number of carbonyl (C=O) groups is 1. The van der Waals surface area contributed by atoms with Gasteiger partial charge >= 0.3 is 0 Å². The molecule has 3 aromatic carbocycles. The number of amides is 1. The maximum absolute atomic E-state index is 13.1. The van der Waals surface area contributed by atoms with Crippen LogP contribution >= 0.6 is 15.9 Å². The third-order valence-electron chi connectivity index (χ3n) is 6.59. The van der Waals surface area contributed by atoms with Crippen molar-refractivity contribution >= 4 is 38.6 Å². The van der Waals surface area contributed by atoms with Crippen LogP contribution in [0.1, 0.15) is 31.2 Å². The Hall–Kier alpha value is -2.96. The number of aryl methyl sites for hydroxylation is 1. The number of benzene rings is 3. The number of nitrogens with zero attached hydrogens (tertiary/aromatic N) is 3. The van der Waals surface area contributed by atoms with Crippen LogP contribution in [0, 0.1) is 5.92 Å². The molecule has 4 aromatic rings. The van der Waals surface area contributed by atoms with E-state index in [-0.39, 0.29) is 11.8 Å². The molecule has 2 heterocycles. The molecule has 0 aliphatic carbocycles. The Morgan fingerprint density at radius 2 is 1.91 bits per heavy atom. The zero-order valence-electron chi connectivity index (χ0n) is 19.4. The minimum Gasteiger partial charge on any atom is -0.326 e. The van der Waals surface area contributed by atoms with Gasteiger partial charge in [-0.1, -0.05) is 59.3 Å². The van der Waals surface area contributed by atoms with Crippen LogP contribution < -0.4 is 5.32 Å². The molecule has 1 aromatic heterocycles. The molecule has 0 spiro atoms. The Morgan fingerprint density at radius 3 is 2.76 bits per heavy atom. The molecule has 0 saturated carbocycles. The molecule has 1 N–H and O–H groups in total. The van der Waals surface area contributed by atoms with Crippen molar-refractivity contribution in [2.45, 2.75) is 32.7 Å². The SMILES string of the molecule is CCc1ccccc1NC(=O)[C@H]1CCCN(Cc2nc3ccccc3n2-c2cccc(Br)c2)C1. The molecule has 0 unspecified atom stereocenters. The first-order valence-corrected chi connectivity index (χ1v) is 12.7. The Kier molecular flexibility index (Phi) is 6.79. The lowest BCUT2D eigenvalue weighted by Crippen LogP contribution is -2.40. The molecule has 5 nitrogen and oxygen atoms in total. The van der Waals surface area contributed by atoms with Gasteiger partial charge < -0.3 is 5.32 Å². The first kappa shape index (κ1) is 22.8. The summed E-state index contributed by atoms with van der Waals surface area (Å²) in [6.07, 6.45) is 2.82. The summed E-state index contributed by atoms with van der Waals surface area (Å²) in [5.74, 6) is 1.09. The monoisotopic (exact) mass is 516 g/mol.